The number of carbonyl (C=O) groups is 2. The van der Waals surface area contributed by atoms with E-state index in [0.717, 1.165) is 17.0 Å². The Kier molecular flexibility index (Phi) is 5.93. The Morgan fingerprint density at radius 3 is 2.24 bits per heavy atom. The highest BCUT2D eigenvalue weighted by Crippen LogP contribution is 2.39. The normalized spacial score (nSPS) is 15.6. The fraction of sp³-hybridized carbons (Fsp3) is 0.273. The van der Waals surface area contributed by atoms with Crippen molar-refractivity contribution in [2.45, 2.75) is 25.6 Å². The molecule has 0 radical (unpaired) electrons. The van der Waals surface area contributed by atoms with E-state index in [-0.39, 0.29) is 22.1 Å². The van der Waals surface area contributed by atoms with Crippen LogP contribution in [0.2, 0.25) is 0 Å². The summed E-state index contributed by atoms with van der Waals surface area (Å²) in [4.78, 5) is 28.7. The van der Waals surface area contributed by atoms with Gasteiger partial charge < -0.3 is 9.80 Å². The topological polar surface area (TPSA) is 67.7 Å². The van der Waals surface area contributed by atoms with Crippen LogP contribution in [0.1, 0.15) is 35.3 Å². The number of rotatable bonds is 3. The molecule has 11 heteroatoms. The number of carbonyl (C=O) groups excluding carboxylic acids is 2. The Morgan fingerprint density at radius 1 is 1.12 bits per heavy atom. The molecule has 2 amide bonds. The molecule has 1 fully saturated rings. The van der Waals surface area contributed by atoms with Crippen LogP contribution in [0.4, 0.5) is 28.9 Å². The summed E-state index contributed by atoms with van der Waals surface area (Å²) in [5.74, 6) is -2.04. The highest BCUT2D eigenvalue weighted by Gasteiger charge is 2.51. The van der Waals surface area contributed by atoms with Crippen LogP contribution >= 0.6 is 12.2 Å². The van der Waals surface area contributed by atoms with Crippen LogP contribution in [0.15, 0.2) is 36.4 Å². The van der Waals surface area contributed by atoms with Crippen LogP contribution in [0.25, 0.3) is 0 Å². The molecule has 33 heavy (non-hydrogen) atoms. The van der Waals surface area contributed by atoms with Crippen molar-refractivity contribution in [3.63, 3.8) is 0 Å². The summed E-state index contributed by atoms with van der Waals surface area (Å²) in [6.45, 7) is 2.99. The van der Waals surface area contributed by atoms with Gasteiger partial charge in [-0.2, -0.15) is 18.4 Å². The van der Waals surface area contributed by atoms with Crippen LogP contribution in [-0.4, -0.2) is 41.5 Å². The minimum atomic E-state index is -4.82. The summed E-state index contributed by atoms with van der Waals surface area (Å²) in [6.07, 6.45) is -4.82. The third kappa shape index (κ3) is 4.02. The average Bonchev–Trinajstić information content (AvgIpc) is 2.90. The fourth-order valence-electron chi connectivity index (χ4n) is 3.52. The van der Waals surface area contributed by atoms with Gasteiger partial charge in [-0.25, -0.2) is 4.39 Å². The predicted molar refractivity (Wildman–Crippen MR) is 117 cm³/mol. The number of nitrogens with zero attached hydrogens (tertiary/aromatic N) is 4. The molecule has 1 aliphatic heterocycles. The van der Waals surface area contributed by atoms with Crippen LogP contribution in [0.5, 0.6) is 0 Å². The Balaban J connectivity index is 2.09. The number of alkyl halides is 3. The minimum absolute atomic E-state index is 0.151. The number of benzene rings is 2. The third-order valence-corrected chi connectivity index (χ3v) is 5.57. The van der Waals surface area contributed by atoms with Crippen molar-refractivity contribution in [1.29, 1.82) is 5.26 Å². The third-order valence-electron chi connectivity index (χ3n) is 5.20. The van der Waals surface area contributed by atoms with Gasteiger partial charge in [-0.05, 0) is 62.5 Å². The van der Waals surface area contributed by atoms with E-state index in [4.69, 9.17) is 17.5 Å². The summed E-state index contributed by atoms with van der Waals surface area (Å²) in [5, 5.41) is 8.84. The van der Waals surface area contributed by atoms with Gasteiger partial charge in [0.1, 0.15) is 11.4 Å². The second kappa shape index (κ2) is 8.12. The molecule has 3 rings (SSSR count). The maximum absolute atomic E-state index is 14.7. The molecule has 0 atom stereocenters. The average molecular weight is 478 g/mol. The summed E-state index contributed by atoms with van der Waals surface area (Å²) in [7, 11) is 2.94. The molecule has 172 valence electrons. The molecular weight excluding hydrogens is 460 g/mol. The van der Waals surface area contributed by atoms with Crippen molar-refractivity contribution in [2.24, 2.45) is 0 Å². The lowest BCUT2D eigenvalue weighted by Crippen LogP contribution is -2.44. The van der Waals surface area contributed by atoms with Crippen molar-refractivity contribution in [3.05, 3.63) is 58.9 Å². The van der Waals surface area contributed by atoms with E-state index in [2.05, 4.69) is 0 Å². The molecule has 1 heterocycles. The number of amides is 2. The summed E-state index contributed by atoms with van der Waals surface area (Å²) in [6, 6.07) is 8.02. The zero-order chi connectivity index (χ0) is 24.9. The van der Waals surface area contributed by atoms with E-state index < -0.39 is 40.5 Å². The van der Waals surface area contributed by atoms with E-state index in [0.29, 0.717) is 6.07 Å². The number of anilines is 2. The summed E-state index contributed by atoms with van der Waals surface area (Å²) in [5.41, 5.74) is -3.37. The quantitative estimate of drug-likeness (QED) is 0.485. The molecule has 0 saturated carbocycles. The number of hydrogen-bond donors (Lipinski definition) is 0. The molecule has 0 bridgehead atoms. The molecule has 0 aliphatic carbocycles. The zero-order valence-electron chi connectivity index (χ0n) is 18.0. The molecule has 0 spiro atoms. The first-order valence-corrected chi connectivity index (χ1v) is 9.94. The van der Waals surface area contributed by atoms with Gasteiger partial charge in [0.05, 0.1) is 28.4 Å². The van der Waals surface area contributed by atoms with E-state index in [1.165, 1.54) is 62.0 Å². The molecule has 0 unspecified atom stereocenters. The monoisotopic (exact) mass is 478 g/mol. The first kappa shape index (κ1) is 24.1. The lowest BCUT2D eigenvalue weighted by atomic mass is 10.0. The van der Waals surface area contributed by atoms with Gasteiger partial charge in [0.15, 0.2) is 5.11 Å². The smallest absolute Gasteiger partial charge is 0.345 e. The highest BCUT2D eigenvalue weighted by molar-refractivity contribution is 7.81. The van der Waals surface area contributed by atoms with Crippen molar-refractivity contribution < 1.29 is 27.2 Å². The van der Waals surface area contributed by atoms with Crippen molar-refractivity contribution in [2.75, 3.05) is 23.9 Å². The first-order valence-electron chi connectivity index (χ1n) is 9.53. The standard InChI is InChI=1S/C22H18F4N4O2S/c1-21(2)19(32)29(13-6-5-12(11-27)16(9-13)22(24,25)26)20(33)30(21)14-7-8-15(17(23)10-14)18(31)28(3)4/h5-10H,1-4H3. The van der Waals surface area contributed by atoms with Gasteiger partial charge in [0.25, 0.3) is 11.8 Å². The highest BCUT2D eigenvalue weighted by atomic mass is 32.1. The molecule has 2 aromatic carbocycles. The summed E-state index contributed by atoms with van der Waals surface area (Å²) >= 11 is 5.41. The minimum Gasteiger partial charge on any atom is -0.345 e. The van der Waals surface area contributed by atoms with Gasteiger partial charge in [-0.3, -0.25) is 14.5 Å². The SMILES string of the molecule is CN(C)C(=O)c1ccc(N2C(=S)N(c3ccc(C#N)c(C(F)(F)F)c3)C(=O)C2(C)C)cc1F. The number of nitriles is 1. The lowest BCUT2D eigenvalue weighted by Gasteiger charge is -2.29. The van der Waals surface area contributed by atoms with Gasteiger partial charge in [0, 0.05) is 19.8 Å². The molecule has 0 N–H and O–H groups in total. The second-order valence-corrected chi connectivity index (χ2v) is 8.39. The Morgan fingerprint density at radius 2 is 1.73 bits per heavy atom. The molecular formula is C22H18F4N4O2S. The maximum atomic E-state index is 14.7. The van der Waals surface area contributed by atoms with Gasteiger partial charge >= 0.3 is 6.18 Å². The molecule has 2 aromatic rings. The van der Waals surface area contributed by atoms with Gasteiger partial charge in [-0.15, -0.1) is 0 Å². The predicted octanol–water partition coefficient (Wildman–Crippen LogP) is 4.33. The van der Waals surface area contributed by atoms with E-state index in [1.807, 2.05) is 0 Å². The molecule has 0 aromatic heterocycles. The zero-order valence-corrected chi connectivity index (χ0v) is 18.8. The largest absolute Gasteiger partial charge is 0.417 e. The molecule has 1 aliphatic rings. The lowest BCUT2D eigenvalue weighted by molar-refractivity contribution is -0.137. The first-order chi connectivity index (χ1) is 15.2. The molecule has 1 saturated heterocycles. The van der Waals surface area contributed by atoms with Crippen LogP contribution in [0.3, 0.4) is 0 Å². The van der Waals surface area contributed by atoms with Crippen molar-refractivity contribution in [1.82, 2.24) is 4.90 Å². The Labute approximate surface area is 192 Å². The maximum Gasteiger partial charge on any atom is 0.417 e. The molecule has 6 nitrogen and oxygen atoms in total. The van der Waals surface area contributed by atoms with Crippen molar-refractivity contribution >= 4 is 40.5 Å². The van der Waals surface area contributed by atoms with E-state index in [1.54, 1.807) is 0 Å². The Bertz CT molecular complexity index is 1220. The Hall–Kier alpha value is -3.52. The van der Waals surface area contributed by atoms with Gasteiger partial charge in [0.2, 0.25) is 0 Å². The van der Waals surface area contributed by atoms with E-state index in [9.17, 15) is 27.2 Å². The van der Waals surface area contributed by atoms with Crippen LogP contribution < -0.4 is 9.80 Å². The van der Waals surface area contributed by atoms with Crippen LogP contribution in [-0.2, 0) is 11.0 Å². The fourth-order valence-corrected chi connectivity index (χ4v) is 4.04. The number of hydrogen-bond acceptors (Lipinski definition) is 4. The second-order valence-electron chi connectivity index (χ2n) is 8.02. The van der Waals surface area contributed by atoms with Crippen LogP contribution in [0, 0.1) is 17.1 Å². The number of thiocarbonyl (C=S) groups is 1. The van der Waals surface area contributed by atoms with Crippen molar-refractivity contribution in [3.8, 4) is 6.07 Å². The van der Waals surface area contributed by atoms with E-state index >= 15 is 0 Å². The van der Waals surface area contributed by atoms with Gasteiger partial charge in [-0.1, -0.05) is 0 Å². The number of halogens is 4. The summed E-state index contributed by atoms with van der Waals surface area (Å²) < 4.78 is 55.0.